The predicted molar refractivity (Wildman–Crippen MR) is 29.9 cm³/mol. The van der Waals surface area contributed by atoms with Gasteiger partial charge in [-0.25, -0.2) is 4.21 Å². The van der Waals surface area contributed by atoms with E-state index in [9.17, 15) is 4.21 Å². The molecule has 3 nitrogen and oxygen atoms in total. The standard InChI is InChI=1S/C4H6O3S/c5-8-4-3-6-1-2-7-4/h1-3H2. The molecule has 46 valence electrons. The average molecular weight is 134 g/mol. The summed E-state index contributed by atoms with van der Waals surface area (Å²) in [7, 11) is 0. The van der Waals surface area contributed by atoms with Gasteiger partial charge in [0.1, 0.15) is 17.9 Å². The third-order valence-corrected chi connectivity index (χ3v) is 1.23. The fourth-order valence-corrected chi connectivity index (χ4v) is 0.723. The predicted octanol–water partition coefficient (Wildman–Crippen LogP) is -0.624. The Morgan fingerprint density at radius 1 is 1.50 bits per heavy atom. The van der Waals surface area contributed by atoms with Crippen molar-refractivity contribution in [3.63, 3.8) is 0 Å². The van der Waals surface area contributed by atoms with E-state index in [1.165, 1.54) is 0 Å². The van der Waals surface area contributed by atoms with Crippen molar-refractivity contribution in [2.75, 3.05) is 19.8 Å². The quantitative estimate of drug-likeness (QED) is 0.414. The number of ether oxygens (including phenoxy) is 2. The summed E-state index contributed by atoms with van der Waals surface area (Å²) in [5, 5.41) is 0.441. The van der Waals surface area contributed by atoms with Crippen LogP contribution in [0.3, 0.4) is 0 Å². The van der Waals surface area contributed by atoms with Crippen LogP contribution in [-0.2, 0) is 20.7 Å². The summed E-state index contributed by atoms with van der Waals surface area (Å²) >= 11 is 0.365. The number of hydrogen-bond acceptors (Lipinski definition) is 3. The summed E-state index contributed by atoms with van der Waals surface area (Å²) in [6.45, 7) is 1.47. The van der Waals surface area contributed by atoms with Gasteiger partial charge in [0.2, 0.25) is 0 Å². The van der Waals surface area contributed by atoms with Gasteiger partial charge in [-0.1, -0.05) is 0 Å². The second kappa shape index (κ2) is 2.96. The lowest BCUT2D eigenvalue weighted by Crippen LogP contribution is -2.23. The molecule has 0 aromatic carbocycles. The second-order valence-electron chi connectivity index (χ2n) is 1.36. The van der Waals surface area contributed by atoms with E-state index in [4.69, 9.17) is 9.47 Å². The minimum absolute atomic E-state index is 0.355. The smallest absolute Gasteiger partial charge is 0.171 e. The zero-order chi connectivity index (χ0) is 5.82. The van der Waals surface area contributed by atoms with E-state index in [2.05, 4.69) is 0 Å². The van der Waals surface area contributed by atoms with Crippen molar-refractivity contribution in [3.8, 4) is 0 Å². The van der Waals surface area contributed by atoms with E-state index in [1.807, 2.05) is 0 Å². The molecule has 0 aromatic rings. The molecule has 0 saturated carbocycles. The van der Waals surface area contributed by atoms with E-state index in [0.29, 0.717) is 36.1 Å². The van der Waals surface area contributed by atoms with Crippen LogP contribution in [0.1, 0.15) is 0 Å². The first-order valence-electron chi connectivity index (χ1n) is 2.29. The Morgan fingerprint density at radius 2 is 2.38 bits per heavy atom. The first-order chi connectivity index (χ1) is 3.93. The molecule has 0 atom stereocenters. The molecule has 0 unspecified atom stereocenters. The molecule has 1 aliphatic heterocycles. The first-order valence-corrected chi connectivity index (χ1v) is 3.04. The number of hydrogen-bond donors (Lipinski definition) is 0. The van der Waals surface area contributed by atoms with E-state index >= 15 is 0 Å². The lowest BCUT2D eigenvalue weighted by molar-refractivity contribution is 0.0761. The van der Waals surface area contributed by atoms with Crippen LogP contribution in [0.5, 0.6) is 0 Å². The van der Waals surface area contributed by atoms with Crippen LogP contribution < -0.4 is 0 Å². The summed E-state index contributed by atoms with van der Waals surface area (Å²) in [6.07, 6.45) is 0. The van der Waals surface area contributed by atoms with Gasteiger partial charge in [0.25, 0.3) is 0 Å². The van der Waals surface area contributed by atoms with Crippen molar-refractivity contribution < 1.29 is 13.7 Å². The van der Waals surface area contributed by atoms with E-state index in [0.717, 1.165) is 0 Å². The molecule has 0 amide bonds. The third-order valence-electron chi connectivity index (χ3n) is 0.804. The molecule has 8 heavy (non-hydrogen) atoms. The Morgan fingerprint density at radius 3 is 2.75 bits per heavy atom. The summed E-state index contributed by atoms with van der Waals surface area (Å²) in [6, 6.07) is 0. The monoisotopic (exact) mass is 134 g/mol. The van der Waals surface area contributed by atoms with Crippen LogP contribution in [0.2, 0.25) is 0 Å². The first kappa shape index (κ1) is 5.94. The highest BCUT2D eigenvalue weighted by molar-refractivity contribution is 7.66. The number of rotatable bonds is 0. The van der Waals surface area contributed by atoms with Gasteiger partial charge < -0.3 is 9.47 Å². The summed E-state index contributed by atoms with van der Waals surface area (Å²) in [5.74, 6) is 0. The molecule has 0 bridgehead atoms. The van der Waals surface area contributed by atoms with Crippen molar-refractivity contribution in [1.82, 2.24) is 0 Å². The Balaban J connectivity index is 2.45. The lowest BCUT2D eigenvalue weighted by Gasteiger charge is -2.10. The molecule has 0 spiro atoms. The minimum atomic E-state index is 0.355. The van der Waals surface area contributed by atoms with Gasteiger partial charge in [-0.3, -0.25) is 0 Å². The maximum absolute atomic E-state index is 9.96. The van der Waals surface area contributed by atoms with E-state index < -0.39 is 0 Å². The fraction of sp³-hybridized carbons (Fsp3) is 0.750. The van der Waals surface area contributed by atoms with Crippen molar-refractivity contribution in [2.45, 2.75) is 0 Å². The maximum Gasteiger partial charge on any atom is 0.171 e. The molecule has 0 aliphatic carbocycles. The van der Waals surface area contributed by atoms with Gasteiger partial charge >= 0.3 is 0 Å². The van der Waals surface area contributed by atoms with Gasteiger partial charge in [-0.05, 0) is 0 Å². The summed E-state index contributed by atoms with van der Waals surface area (Å²) < 4.78 is 19.7. The van der Waals surface area contributed by atoms with Gasteiger partial charge in [0, 0.05) is 0 Å². The van der Waals surface area contributed by atoms with Gasteiger partial charge in [0.05, 0.1) is 13.2 Å². The second-order valence-corrected chi connectivity index (χ2v) is 1.98. The SMILES string of the molecule is O=S=C1COCCO1. The highest BCUT2D eigenvalue weighted by atomic mass is 32.1. The summed E-state index contributed by atoms with van der Waals surface area (Å²) in [5.41, 5.74) is 0. The Bertz CT molecular complexity index is 119. The van der Waals surface area contributed by atoms with Crippen molar-refractivity contribution in [3.05, 3.63) is 0 Å². The molecule has 1 aliphatic rings. The third kappa shape index (κ3) is 1.40. The van der Waals surface area contributed by atoms with Crippen LogP contribution in [0.25, 0.3) is 0 Å². The lowest BCUT2D eigenvalue weighted by atomic mass is 10.6. The molecule has 0 radical (unpaired) electrons. The van der Waals surface area contributed by atoms with Crippen LogP contribution in [0, 0.1) is 0 Å². The topological polar surface area (TPSA) is 35.5 Å². The van der Waals surface area contributed by atoms with Crippen LogP contribution in [0.4, 0.5) is 0 Å². The molecular formula is C4H6O3S. The molecule has 0 N–H and O–H groups in total. The zero-order valence-electron chi connectivity index (χ0n) is 4.25. The van der Waals surface area contributed by atoms with Crippen LogP contribution in [-0.4, -0.2) is 29.1 Å². The zero-order valence-corrected chi connectivity index (χ0v) is 5.07. The van der Waals surface area contributed by atoms with E-state index in [-0.39, 0.29) is 0 Å². The van der Waals surface area contributed by atoms with Gasteiger partial charge in [-0.2, -0.15) is 0 Å². The molecule has 1 saturated heterocycles. The molecule has 1 rings (SSSR count). The highest BCUT2D eigenvalue weighted by Gasteiger charge is 2.04. The van der Waals surface area contributed by atoms with Crippen molar-refractivity contribution >= 4 is 16.3 Å². The molecule has 1 heterocycles. The van der Waals surface area contributed by atoms with Gasteiger partial charge in [0.15, 0.2) is 5.05 Å². The highest BCUT2D eigenvalue weighted by Crippen LogP contribution is 1.89. The molecule has 1 fully saturated rings. The average Bonchev–Trinajstić information content (AvgIpc) is 1.90. The van der Waals surface area contributed by atoms with Crippen molar-refractivity contribution in [1.29, 1.82) is 0 Å². The molecule has 0 aromatic heterocycles. The van der Waals surface area contributed by atoms with Crippen molar-refractivity contribution in [2.24, 2.45) is 0 Å². The van der Waals surface area contributed by atoms with E-state index in [1.54, 1.807) is 0 Å². The fourth-order valence-electron chi connectivity index (χ4n) is 0.460. The normalized spacial score (nSPS) is 20.8. The Kier molecular flexibility index (Phi) is 2.20. The molecule has 4 heteroatoms. The minimum Gasteiger partial charge on any atom is -0.371 e. The largest absolute Gasteiger partial charge is 0.371 e. The van der Waals surface area contributed by atoms with Crippen LogP contribution >= 0.6 is 0 Å². The van der Waals surface area contributed by atoms with Gasteiger partial charge in [-0.15, -0.1) is 0 Å². The maximum atomic E-state index is 9.96. The Hall–Kier alpha value is -0.190. The Labute approximate surface area is 50.7 Å². The summed E-state index contributed by atoms with van der Waals surface area (Å²) in [4.78, 5) is 0. The molecular weight excluding hydrogens is 128 g/mol. The van der Waals surface area contributed by atoms with Crippen LogP contribution in [0.15, 0.2) is 0 Å².